The van der Waals surface area contributed by atoms with Crippen LogP contribution in [0.5, 0.6) is 0 Å². The molecule has 0 aliphatic carbocycles. The molecule has 3 heterocycles. The Morgan fingerprint density at radius 3 is 2.21 bits per heavy atom. The molecule has 2 aromatic carbocycles. The van der Waals surface area contributed by atoms with Gasteiger partial charge in [-0.2, -0.15) is 18.3 Å². The predicted molar refractivity (Wildman–Crippen MR) is 136 cm³/mol. The van der Waals surface area contributed by atoms with Gasteiger partial charge < -0.3 is 10.0 Å². The minimum Gasteiger partial charge on any atom is -0.475 e. The number of piperidine rings is 1. The Morgan fingerprint density at radius 1 is 0.974 bits per heavy atom. The third-order valence-corrected chi connectivity index (χ3v) is 7.06. The molecule has 0 unspecified atom stereocenters. The van der Waals surface area contributed by atoms with Crippen molar-refractivity contribution in [3.8, 4) is 11.1 Å². The SMILES string of the molecule is Cc1nn(CC(=O)N2CCC(N3CCc4ccccc4C3)CC2)cc1-c1ccccc1.O=C(O)C(F)(F)F. The number of aromatic nitrogens is 2. The number of rotatable bonds is 4. The number of halogens is 3. The zero-order chi connectivity index (χ0) is 27.3. The van der Waals surface area contributed by atoms with Gasteiger partial charge in [-0.15, -0.1) is 0 Å². The summed E-state index contributed by atoms with van der Waals surface area (Å²) in [6.45, 7) is 6.18. The predicted octanol–water partition coefficient (Wildman–Crippen LogP) is 4.54. The summed E-state index contributed by atoms with van der Waals surface area (Å²) in [6, 6.07) is 19.6. The van der Waals surface area contributed by atoms with E-state index in [4.69, 9.17) is 9.90 Å². The molecule has 7 nitrogen and oxygen atoms in total. The van der Waals surface area contributed by atoms with Gasteiger partial charge in [0, 0.05) is 44.0 Å². The Hall–Kier alpha value is -3.66. The number of nitrogens with zero attached hydrogens (tertiary/aromatic N) is 4. The van der Waals surface area contributed by atoms with E-state index in [0.717, 1.165) is 62.3 Å². The number of amides is 1. The van der Waals surface area contributed by atoms with Crippen LogP contribution >= 0.6 is 0 Å². The summed E-state index contributed by atoms with van der Waals surface area (Å²) in [5.74, 6) is -2.59. The maximum Gasteiger partial charge on any atom is 0.490 e. The number of fused-ring (bicyclic) bond motifs is 1. The molecule has 1 amide bonds. The van der Waals surface area contributed by atoms with Gasteiger partial charge in [0.25, 0.3) is 0 Å². The van der Waals surface area contributed by atoms with Crippen molar-refractivity contribution in [3.63, 3.8) is 0 Å². The Balaban J connectivity index is 0.000000426. The van der Waals surface area contributed by atoms with Crippen molar-refractivity contribution in [1.29, 1.82) is 0 Å². The summed E-state index contributed by atoms with van der Waals surface area (Å²) < 4.78 is 33.5. The van der Waals surface area contributed by atoms with E-state index in [1.807, 2.05) is 36.2 Å². The van der Waals surface area contributed by atoms with Crippen molar-refractivity contribution in [3.05, 3.63) is 77.6 Å². The van der Waals surface area contributed by atoms with Crippen molar-refractivity contribution in [2.24, 2.45) is 0 Å². The van der Waals surface area contributed by atoms with Crippen LogP contribution in [-0.2, 0) is 29.1 Å². The van der Waals surface area contributed by atoms with Crippen LogP contribution < -0.4 is 0 Å². The average Bonchev–Trinajstić information content (AvgIpc) is 3.28. The van der Waals surface area contributed by atoms with Crippen LogP contribution in [0.4, 0.5) is 13.2 Å². The van der Waals surface area contributed by atoms with Crippen LogP contribution in [0.2, 0.25) is 0 Å². The molecule has 0 atom stereocenters. The second-order valence-electron chi connectivity index (χ2n) is 9.60. The molecule has 3 aromatic rings. The van der Waals surface area contributed by atoms with Crippen LogP contribution in [0.15, 0.2) is 60.8 Å². The molecule has 2 aliphatic rings. The van der Waals surface area contributed by atoms with Crippen LogP contribution in [-0.4, -0.2) is 68.4 Å². The highest BCUT2D eigenvalue weighted by molar-refractivity contribution is 5.76. The van der Waals surface area contributed by atoms with Crippen LogP contribution in [0.1, 0.15) is 29.7 Å². The van der Waals surface area contributed by atoms with E-state index >= 15 is 0 Å². The number of likely N-dealkylation sites (tertiary alicyclic amines) is 1. The summed E-state index contributed by atoms with van der Waals surface area (Å²) in [4.78, 5) is 26.5. The fraction of sp³-hybridized carbons (Fsp3) is 0.393. The summed E-state index contributed by atoms with van der Waals surface area (Å²) in [5, 5.41) is 11.7. The Bertz CT molecular complexity index is 1250. The number of benzene rings is 2. The molecule has 202 valence electrons. The van der Waals surface area contributed by atoms with E-state index in [1.165, 1.54) is 11.1 Å². The zero-order valence-corrected chi connectivity index (χ0v) is 21.2. The molecule has 0 radical (unpaired) electrons. The summed E-state index contributed by atoms with van der Waals surface area (Å²) >= 11 is 0. The number of aryl methyl sites for hydroxylation is 1. The van der Waals surface area contributed by atoms with Gasteiger partial charge in [-0.05, 0) is 42.9 Å². The molecule has 1 saturated heterocycles. The molecular formula is C28H31F3N4O3. The number of carbonyl (C=O) groups is 2. The van der Waals surface area contributed by atoms with Gasteiger partial charge in [0.05, 0.1) is 5.69 Å². The average molecular weight is 529 g/mol. The van der Waals surface area contributed by atoms with E-state index in [1.54, 1.807) is 4.68 Å². The lowest BCUT2D eigenvalue weighted by Gasteiger charge is -2.40. The fourth-order valence-corrected chi connectivity index (χ4v) is 5.05. The summed E-state index contributed by atoms with van der Waals surface area (Å²) in [6.07, 6.45) is 0.167. The lowest BCUT2D eigenvalue weighted by Crippen LogP contribution is -2.48. The molecule has 0 bridgehead atoms. The number of carboxylic acids is 1. The van der Waals surface area contributed by atoms with E-state index in [9.17, 15) is 18.0 Å². The third kappa shape index (κ3) is 6.80. The number of carbonyl (C=O) groups excluding carboxylic acids is 1. The van der Waals surface area contributed by atoms with Gasteiger partial charge >= 0.3 is 12.1 Å². The molecule has 0 spiro atoms. The van der Waals surface area contributed by atoms with Crippen molar-refractivity contribution < 1.29 is 27.9 Å². The molecule has 1 N–H and O–H groups in total. The van der Waals surface area contributed by atoms with E-state index < -0.39 is 12.1 Å². The first-order chi connectivity index (χ1) is 18.1. The monoisotopic (exact) mass is 528 g/mol. The number of aliphatic carboxylic acids is 1. The standard InChI is InChI=1S/C26H30N4O.C2HF3O2/c1-20-25(22-8-3-2-4-9-22)18-30(27-20)19-26(31)28-15-12-24(13-16-28)29-14-11-21-7-5-6-10-23(21)17-29;3-2(4,5)1(6)7/h2-10,18,24H,11-17,19H2,1H3;(H,6,7). The summed E-state index contributed by atoms with van der Waals surface area (Å²) in [5.41, 5.74) is 6.16. The van der Waals surface area contributed by atoms with Crippen LogP contribution in [0, 0.1) is 6.92 Å². The first-order valence-electron chi connectivity index (χ1n) is 12.6. The van der Waals surface area contributed by atoms with Crippen molar-refractivity contribution in [2.45, 2.75) is 51.5 Å². The number of alkyl halides is 3. The third-order valence-electron chi connectivity index (χ3n) is 7.06. The maximum atomic E-state index is 12.9. The van der Waals surface area contributed by atoms with Gasteiger partial charge in [0.15, 0.2) is 0 Å². The van der Waals surface area contributed by atoms with Gasteiger partial charge in [-0.3, -0.25) is 14.4 Å². The topological polar surface area (TPSA) is 78.7 Å². The molecule has 2 aliphatic heterocycles. The normalized spacial score (nSPS) is 16.4. The van der Waals surface area contributed by atoms with E-state index in [0.29, 0.717) is 12.6 Å². The largest absolute Gasteiger partial charge is 0.490 e. The molecule has 0 saturated carbocycles. The maximum absolute atomic E-state index is 12.9. The highest BCUT2D eigenvalue weighted by Gasteiger charge is 2.38. The fourth-order valence-electron chi connectivity index (χ4n) is 5.05. The lowest BCUT2D eigenvalue weighted by atomic mass is 9.95. The molecular weight excluding hydrogens is 497 g/mol. The van der Waals surface area contributed by atoms with Gasteiger partial charge in [0.2, 0.25) is 5.91 Å². The van der Waals surface area contributed by atoms with Crippen molar-refractivity contribution >= 4 is 11.9 Å². The highest BCUT2D eigenvalue weighted by atomic mass is 19.4. The summed E-state index contributed by atoms with van der Waals surface area (Å²) in [7, 11) is 0. The van der Waals surface area contributed by atoms with Crippen LogP contribution in [0.25, 0.3) is 11.1 Å². The highest BCUT2D eigenvalue weighted by Crippen LogP contribution is 2.26. The molecule has 1 fully saturated rings. The second kappa shape index (κ2) is 11.8. The first-order valence-corrected chi connectivity index (χ1v) is 12.6. The van der Waals surface area contributed by atoms with Gasteiger partial charge in [-0.1, -0.05) is 54.6 Å². The first kappa shape index (κ1) is 27.4. The minimum absolute atomic E-state index is 0.171. The molecule has 5 rings (SSSR count). The Kier molecular flexibility index (Phi) is 8.51. The number of carboxylic acid groups (broad SMARTS) is 1. The van der Waals surface area contributed by atoms with Crippen molar-refractivity contribution in [1.82, 2.24) is 19.6 Å². The Labute approximate surface area is 219 Å². The molecule has 1 aromatic heterocycles. The molecule has 38 heavy (non-hydrogen) atoms. The zero-order valence-electron chi connectivity index (χ0n) is 21.2. The van der Waals surface area contributed by atoms with Crippen molar-refractivity contribution in [2.75, 3.05) is 19.6 Å². The molecule has 10 heteroatoms. The van der Waals surface area contributed by atoms with E-state index in [2.05, 4.69) is 46.4 Å². The van der Waals surface area contributed by atoms with E-state index in [-0.39, 0.29) is 5.91 Å². The lowest BCUT2D eigenvalue weighted by molar-refractivity contribution is -0.192. The van der Waals surface area contributed by atoms with Crippen LogP contribution in [0.3, 0.4) is 0 Å². The van der Waals surface area contributed by atoms with Gasteiger partial charge in [0.1, 0.15) is 6.54 Å². The number of hydrogen-bond acceptors (Lipinski definition) is 4. The smallest absolute Gasteiger partial charge is 0.475 e. The quantitative estimate of drug-likeness (QED) is 0.538. The number of hydrogen-bond donors (Lipinski definition) is 1. The van der Waals surface area contributed by atoms with Gasteiger partial charge in [-0.25, -0.2) is 4.79 Å². The minimum atomic E-state index is -5.08. The second-order valence-corrected chi connectivity index (χ2v) is 9.60. The Morgan fingerprint density at radius 2 is 1.58 bits per heavy atom.